The summed E-state index contributed by atoms with van der Waals surface area (Å²) in [5, 5.41) is 20.4. The molecule has 238 valence electrons. The van der Waals surface area contributed by atoms with Crippen LogP contribution in [0.25, 0.3) is 0 Å². The number of unbranched alkanes of at least 4 members (excludes halogenated alkanes) is 25. The van der Waals surface area contributed by atoms with Crippen molar-refractivity contribution in [1.29, 1.82) is 0 Å². The molecule has 4 nitrogen and oxygen atoms in total. The van der Waals surface area contributed by atoms with Crippen LogP contribution in [0.3, 0.4) is 0 Å². The predicted molar refractivity (Wildman–Crippen MR) is 175 cm³/mol. The quantitative estimate of drug-likeness (QED) is 0.0459. The van der Waals surface area contributed by atoms with E-state index in [0.29, 0.717) is 0 Å². The zero-order valence-electron chi connectivity index (χ0n) is 27.7. The van der Waals surface area contributed by atoms with Gasteiger partial charge in [-0.3, -0.25) is 0 Å². The second kappa shape index (κ2) is 41.6. The van der Waals surface area contributed by atoms with Gasteiger partial charge in [0.1, 0.15) is 0 Å². The van der Waals surface area contributed by atoms with Crippen LogP contribution in [-0.2, 0) is 9.59 Å². The van der Waals surface area contributed by atoms with Gasteiger partial charge in [0.15, 0.2) is 0 Å². The van der Waals surface area contributed by atoms with E-state index in [0.717, 1.165) is 32.1 Å². The van der Waals surface area contributed by atoms with Crippen LogP contribution in [0.4, 0.5) is 0 Å². The zero-order valence-corrected chi connectivity index (χ0v) is 29.1. The molecule has 0 heterocycles. The largest absolute Gasteiger partial charge is 2.00 e. The van der Waals surface area contributed by atoms with E-state index in [4.69, 9.17) is 0 Å². The molecule has 0 unspecified atom stereocenters. The van der Waals surface area contributed by atoms with Gasteiger partial charge in [0, 0.05) is 11.9 Å². The second-order valence-corrected chi connectivity index (χ2v) is 11.8. The summed E-state index contributed by atoms with van der Waals surface area (Å²) in [7, 11) is 0. The van der Waals surface area contributed by atoms with Crippen LogP contribution in [0.2, 0.25) is 0 Å². The molecule has 0 saturated heterocycles. The number of aliphatic carboxylic acids is 2. The first-order valence-electron chi connectivity index (χ1n) is 17.6. The van der Waals surface area contributed by atoms with Crippen molar-refractivity contribution in [2.75, 3.05) is 0 Å². The molecule has 0 atom stereocenters. The Bertz CT molecular complexity index is 536. The van der Waals surface area contributed by atoms with Crippen molar-refractivity contribution in [2.45, 2.75) is 206 Å². The summed E-state index contributed by atoms with van der Waals surface area (Å²) in [6.45, 7) is 4.52. The Kier molecular flexibility index (Phi) is 45.5. The maximum Gasteiger partial charge on any atom is 2.00 e. The number of hydrogen-bond donors (Lipinski definition) is 0. The zero-order chi connectivity index (χ0) is 29.8. The van der Waals surface area contributed by atoms with Crippen molar-refractivity contribution in [2.24, 2.45) is 0 Å². The van der Waals surface area contributed by atoms with E-state index in [1.165, 1.54) is 148 Å². The molecule has 0 rings (SSSR count). The summed E-state index contributed by atoms with van der Waals surface area (Å²) in [4.78, 5) is 20.4. The molecule has 0 aromatic heterocycles. The van der Waals surface area contributed by atoms with Gasteiger partial charge in [-0.1, -0.05) is 167 Å². The van der Waals surface area contributed by atoms with Gasteiger partial charge in [-0.25, -0.2) is 0 Å². The number of allylic oxidation sites excluding steroid dienone is 2. The molecule has 0 fully saturated rings. The summed E-state index contributed by atoms with van der Waals surface area (Å²) in [6.07, 6.45) is 40.8. The molecule has 0 aliphatic rings. The van der Waals surface area contributed by atoms with Crippen LogP contribution < -0.4 is 10.2 Å². The topological polar surface area (TPSA) is 80.3 Å². The molecular formula is C36H68MgO4. The van der Waals surface area contributed by atoms with Gasteiger partial charge in [-0.05, 0) is 51.4 Å². The van der Waals surface area contributed by atoms with Crippen LogP contribution in [0.5, 0.6) is 0 Å². The maximum atomic E-state index is 10.2. The third kappa shape index (κ3) is 49.4. The minimum atomic E-state index is -0.914. The number of carboxylic acid groups (broad SMARTS) is 2. The molecule has 0 saturated carbocycles. The van der Waals surface area contributed by atoms with Gasteiger partial charge in [0.2, 0.25) is 0 Å². The Morgan fingerprint density at radius 3 is 0.854 bits per heavy atom. The van der Waals surface area contributed by atoms with E-state index >= 15 is 0 Å². The van der Waals surface area contributed by atoms with Gasteiger partial charge in [-0.15, -0.1) is 0 Å². The van der Waals surface area contributed by atoms with E-state index in [2.05, 4.69) is 26.0 Å². The number of carboxylic acids is 2. The predicted octanol–water partition coefficient (Wildman–Crippen LogP) is 9.39. The van der Waals surface area contributed by atoms with Crippen molar-refractivity contribution in [3.05, 3.63) is 12.2 Å². The molecule has 5 heteroatoms. The van der Waals surface area contributed by atoms with Crippen molar-refractivity contribution in [3.8, 4) is 0 Å². The third-order valence-electron chi connectivity index (χ3n) is 7.63. The molecule has 0 aliphatic carbocycles. The normalized spacial score (nSPS) is 10.8. The smallest absolute Gasteiger partial charge is 0.550 e. The fourth-order valence-electron chi connectivity index (χ4n) is 4.98. The molecule has 0 spiro atoms. The van der Waals surface area contributed by atoms with E-state index < -0.39 is 11.9 Å². The number of carbonyl (C=O) groups is 2. The third-order valence-corrected chi connectivity index (χ3v) is 7.63. The van der Waals surface area contributed by atoms with Gasteiger partial charge in [0.25, 0.3) is 0 Å². The first-order valence-corrected chi connectivity index (χ1v) is 17.6. The molecule has 0 aromatic carbocycles. The van der Waals surface area contributed by atoms with E-state index in [-0.39, 0.29) is 35.9 Å². The van der Waals surface area contributed by atoms with Crippen molar-refractivity contribution in [1.82, 2.24) is 0 Å². The summed E-state index contributed by atoms with van der Waals surface area (Å²) in [5.74, 6) is -1.82. The average Bonchev–Trinajstić information content (AvgIpc) is 2.93. The molecule has 41 heavy (non-hydrogen) atoms. The Hall–Kier alpha value is -0.554. The van der Waals surface area contributed by atoms with Crippen LogP contribution in [0, 0.1) is 0 Å². The fraction of sp³-hybridized carbons (Fsp3) is 0.889. The van der Waals surface area contributed by atoms with Crippen LogP contribution in [0.1, 0.15) is 206 Å². The SMILES string of the molecule is CCCCCCCCC=CCCCCCCCC(=O)[O-].CCCCCCCCCCCCCCCCCC(=O)[O-].[Mg+2]. The van der Waals surface area contributed by atoms with E-state index in [1.807, 2.05) is 0 Å². The first kappa shape index (κ1) is 44.9. The van der Waals surface area contributed by atoms with Crippen molar-refractivity contribution >= 4 is 35.0 Å². The van der Waals surface area contributed by atoms with Gasteiger partial charge >= 0.3 is 23.1 Å². The summed E-state index contributed by atoms with van der Waals surface area (Å²) >= 11 is 0. The van der Waals surface area contributed by atoms with Crippen molar-refractivity contribution < 1.29 is 19.8 Å². The van der Waals surface area contributed by atoms with E-state index in [1.54, 1.807) is 0 Å². The molecule has 0 amide bonds. The Morgan fingerprint density at radius 1 is 0.390 bits per heavy atom. The fourth-order valence-corrected chi connectivity index (χ4v) is 4.98. The number of hydrogen-bond acceptors (Lipinski definition) is 4. The van der Waals surface area contributed by atoms with Crippen LogP contribution in [0.15, 0.2) is 12.2 Å². The molecule has 0 bridgehead atoms. The minimum absolute atomic E-state index is 0. The molecule has 0 radical (unpaired) electrons. The van der Waals surface area contributed by atoms with Crippen molar-refractivity contribution in [3.63, 3.8) is 0 Å². The Balaban J connectivity index is -0.000000688. The number of rotatable bonds is 31. The minimum Gasteiger partial charge on any atom is -0.550 e. The van der Waals surface area contributed by atoms with Gasteiger partial charge in [0.05, 0.1) is 0 Å². The average molecular weight is 589 g/mol. The monoisotopic (exact) mass is 588 g/mol. The van der Waals surface area contributed by atoms with Crippen LogP contribution >= 0.6 is 0 Å². The Morgan fingerprint density at radius 2 is 0.610 bits per heavy atom. The summed E-state index contributed by atoms with van der Waals surface area (Å²) in [6, 6.07) is 0. The maximum absolute atomic E-state index is 10.2. The molecule has 0 N–H and O–H groups in total. The standard InChI is InChI=1S/C18H36O2.C18H34O2.Mg/c2*1-2-3-4-5-6-7-8-9-10-11-12-13-14-15-16-17-18(19)20;/h2-17H2,1H3,(H,19,20);9-10H,2-8,11-17H2,1H3,(H,19,20);/q;;+2/p-2. The summed E-state index contributed by atoms with van der Waals surface area (Å²) in [5.41, 5.74) is 0. The second-order valence-electron chi connectivity index (χ2n) is 11.8. The Labute approximate surface area is 272 Å². The first-order chi connectivity index (χ1) is 19.5. The number of carbonyl (C=O) groups excluding carboxylic acids is 2. The molecule has 0 aromatic rings. The van der Waals surface area contributed by atoms with Gasteiger partial charge < -0.3 is 19.8 Å². The molecular weight excluding hydrogens is 521 g/mol. The molecule has 0 aliphatic heterocycles. The summed E-state index contributed by atoms with van der Waals surface area (Å²) < 4.78 is 0. The van der Waals surface area contributed by atoms with Crippen LogP contribution in [-0.4, -0.2) is 35.0 Å². The van der Waals surface area contributed by atoms with Gasteiger partial charge in [-0.2, -0.15) is 0 Å². The van der Waals surface area contributed by atoms with E-state index in [9.17, 15) is 19.8 Å².